The Morgan fingerprint density at radius 1 is 1.41 bits per heavy atom. The van der Waals surface area contributed by atoms with Crippen LogP contribution in [-0.4, -0.2) is 39.0 Å². The summed E-state index contributed by atoms with van der Waals surface area (Å²) in [5, 5.41) is 3.64. The molecule has 116 valence electrons. The summed E-state index contributed by atoms with van der Waals surface area (Å²) in [5.74, 6) is 0.105. The van der Waals surface area contributed by atoms with Crippen LogP contribution in [0.4, 0.5) is 4.39 Å². The number of aryl methyl sites for hydroxylation is 2. The number of halogens is 1. The van der Waals surface area contributed by atoms with Crippen LogP contribution in [0.3, 0.4) is 0 Å². The minimum absolute atomic E-state index is 0.0514. The molecule has 0 saturated carbocycles. The van der Waals surface area contributed by atoms with E-state index in [1.165, 1.54) is 11.1 Å². The number of alkyl halides is 1. The summed E-state index contributed by atoms with van der Waals surface area (Å²) in [5.41, 5.74) is -0.499. The Kier molecular flexibility index (Phi) is 3.64. The Hall–Kier alpha value is -2.31. The minimum Gasteiger partial charge on any atom is -0.336 e. The van der Waals surface area contributed by atoms with Crippen molar-refractivity contribution in [3.63, 3.8) is 0 Å². The Morgan fingerprint density at radius 2 is 2.23 bits per heavy atom. The van der Waals surface area contributed by atoms with Gasteiger partial charge in [-0.1, -0.05) is 5.16 Å². The number of hydrogen-bond acceptors (Lipinski definition) is 5. The molecule has 1 unspecified atom stereocenters. The lowest BCUT2D eigenvalue weighted by Crippen LogP contribution is -2.46. The highest BCUT2D eigenvalue weighted by Gasteiger charge is 2.43. The molecule has 1 fully saturated rings. The van der Waals surface area contributed by atoms with Gasteiger partial charge in [0.05, 0.1) is 12.1 Å². The van der Waals surface area contributed by atoms with E-state index in [0.717, 1.165) is 5.69 Å². The third-order valence-corrected chi connectivity index (χ3v) is 3.80. The van der Waals surface area contributed by atoms with Gasteiger partial charge in [0, 0.05) is 18.4 Å². The molecular weight excluding hydrogens is 287 g/mol. The van der Waals surface area contributed by atoms with Crippen molar-refractivity contribution >= 4 is 5.91 Å². The van der Waals surface area contributed by atoms with Crippen LogP contribution in [0.15, 0.2) is 22.9 Å². The van der Waals surface area contributed by atoms with Crippen LogP contribution in [-0.2, 0) is 5.67 Å². The van der Waals surface area contributed by atoms with Crippen LogP contribution < -0.4 is 0 Å². The molecule has 0 bridgehead atoms. The highest BCUT2D eigenvalue weighted by Crippen LogP contribution is 2.35. The molecular formula is C15H17FN4O2. The molecule has 0 aromatic carbocycles. The molecule has 0 aliphatic carbocycles. The van der Waals surface area contributed by atoms with Crippen molar-refractivity contribution in [3.05, 3.63) is 41.3 Å². The summed E-state index contributed by atoms with van der Waals surface area (Å²) in [6.07, 6.45) is 2.33. The van der Waals surface area contributed by atoms with Gasteiger partial charge in [0.25, 0.3) is 11.8 Å². The highest BCUT2D eigenvalue weighted by molar-refractivity contribution is 5.94. The number of nitrogens with zero attached hydrogens (tertiary/aromatic N) is 4. The Labute approximate surface area is 127 Å². The summed E-state index contributed by atoms with van der Waals surface area (Å²) in [6, 6.07) is 3.47. The third kappa shape index (κ3) is 2.70. The summed E-state index contributed by atoms with van der Waals surface area (Å²) in [6.45, 7) is 3.91. The van der Waals surface area contributed by atoms with Gasteiger partial charge in [-0.2, -0.15) is 4.98 Å². The van der Waals surface area contributed by atoms with Gasteiger partial charge < -0.3 is 9.42 Å². The number of carbonyl (C=O) groups is 1. The van der Waals surface area contributed by atoms with Gasteiger partial charge in [0.15, 0.2) is 5.82 Å². The first kappa shape index (κ1) is 14.6. The van der Waals surface area contributed by atoms with Gasteiger partial charge in [0.1, 0.15) is 0 Å². The third-order valence-electron chi connectivity index (χ3n) is 3.80. The average molecular weight is 304 g/mol. The molecule has 22 heavy (non-hydrogen) atoms. The zero-order valence-corrected chi connectivity index (χ0v) is 12.5. The normalized spacial score (nSPS) is 21.9. The van der Waals surface area contributed by atoms with E-state index in [4.69, 9.17) is 4.52 Å². The number of hydrogen-bond donors (Lipinski definition) is 0. The predicted octanol–water partition coefficient (Wildman–Crippen LogP) is 2.18. The lowest BCUT2D eigenvalue weighted by atomic mass is 9.94. The fraction of sp³-hybridized carbons (Fsp3) is 0.467. The number of amides is 1. The van der Waals surface area contributed by atoms with E-state index in [0.29, 0.717) is 24.4 Å². The monoisotopic (exact) mass is 304 g/mol. The van der Waals surface area contributed by atoms with Crippen LogP contribution in [0.2, 0.25) is 0 Å². The Bertz CT molecular complexity index is 685. The van der Waals surface area contributed by atoms with Crippen molar-refractivity contribution in [2.24, 2.45) is 0 Å². The molecule has 3 heterocycles. The van der Waals surface area contributed by atoms with Crippen molar-refractivity contribution in [1.29, 1.82) is 0 Å². The van der Waals surface area contributed by atoms with Gasteiger partial charge in [-0.05, 0) is 38.8 Å². The van der Waals surface area contributed by atoms with Crippen molar-refractivity contribution in [3.8, 4) is 0 Å². The molecule has 3 rings (SSSR count). The first-order chi connectivity index (χ1) is 10.5. The molecule has 0 radical (unpaired) electrons. The molecule has 2 aromatic heterocycles. The summed E-state index contributed by atoms with van der Waals surface area (Å²) < 4.78 is 20.1. The zero-order valence-electron chi connectivity index (χ0n) is 12.5. The van der Waals surface area contributed by atoms with Gasteiger partial charge in [-0.3, -0.25) is 9.78 Å². The predicted molar refractivity (Wildman–Crippen MR) is 75.9 cm³/mol. The molecule has 1 atom stereocenters. The van der Waals surface area contributed by atoms with Crippen LogP contribution in [0.5, 0.6) is 0 Å². The largest absolute Gasteiger partial charge is 0.336 e. The number of carbonyl (C=O) groups excluding carboxylic acids is 1. The van der Waals surface area contributed by atoms with E-state index in [2.05, 4.69) is 15.1 Å². The van der Waals surface area contributed by atoms with Crippen LogP contribution >= 0.6 is 0 Å². The number of likely N-dealkylation sites (tertiary alicyclic amines) is 1. The van der Waals surface area contributed by atoms with Crippen molar-refractivity contribution in [2.75, 3.05) is 13.1 Å². The minimum atomic E-state index is -1.78. The maximum absolute atomic E-state index is 15.1. The number of rotatable bonds is 2. The van der Waals surface area contributed by atoms with E-state index in [1.807, 2.05) is 6.92 Å². The lowest BCUT2D eigenvalue weighted by molar-refractivity contribution is 0.0152. The number of piperidine rings is 1. The second-order valence-corrected chi connectivity index (χ2v) is 5.63. The lowest BCUT2D eigenvalue weighted by Gasteiger charge is -2.35. The number of aromatic nitrogens is 3. The first-order valence-corrected chi connectivity index (χ1v) is 7.19. The van der Waals surface area contributed by atoms with Gasteiger partial charge in [0.2, 0.25) is 5.67 Å². The molecule has 1 aliphatic rings. The second kappa shape index (κ2) is 5.47. The molecule has 1 amide bonds. The molecule has 0 N–H and O–H groups in total. The van der Waals surface area contributed by atoms with Gasteiger partial charge >= 0.3 is 0 Å². The molecule has 7 heteroatoms. The fourth-order valence-corrected chi connectivity index (χ4v) is 2.61. The second-order valence-electron chi connectivity index (χ2n) is 5.63. The molecule has 1 aliphatic heterocycles. The zero-order chi connectivity index (χ0) is 15.7. The SMILES string of the molecule is Cc1ccc(C(=O)N2CCCC(F)(c3nc(C)no3)C2)cn1. The topological polar surface area (TPSA) is 72.1 Å². The Morgan fingerprint density at radius 3 is 2.86 bits per heavy atom. The van der Waals surface area contributed by atoms with Crippen molar-refractivity contribution in [2.45, 2.75) is 32.4 Å². The highest BCUT2D eigenvalue weighted by atomic mass is 19.1. The van der Waals surface area contributed by atoms with E-state index in [-0.39, 0.29) is 24.8 Å². The van der Waals surface area contributed by atoms with E-state index >= 15 is 4.39 Å². The Balaban J connectivity index is 1.80. The smallest absolute Gasteiger partial charge is 0.266 e. The van der Waals surface area contributed by atoms with Crippen LogP contribution in [0, 0.1) is 13.8 Å². The average Bonchev–Trinajstić information content (AvgIpc) is 2.95. The first-order valence-electron chi connectivity index (χ1n) is 7.19. The van der Waals surface area contributed by atoms with Crippen molar-refractivity contribution in [1.82, 2.24) is 20.0 Å². The summed E-state index contributed by atoms with van der Waals surface area (Å²) in [4.78, 5) is 22.1. The van der Waals surface area contributed by atoms with Crippen molar-refractivity contribution < 1.29 is 13.7 Å². The molecule has 1 saturated heterocycles. The van der Waals surface area contributed by atoms with E-state index < -0.39 is 5.67 Å². The van der Waals surface area contributed by atoms with Crippen LogP contribution in [0.25, 0.3) is 0 Å². The van der Waals surface area contributed by atoms with E-state index in [1.54, 1.807) is 19.1 Å². The summed E-state index contributed by atoms with van der Waals surface area (Å²) >= 11 is 0. The van der Waals surface area contributed by atoms with Crippen LogP contribution in [0.1, 0.15) is 40.6 Å². The maximum Gasteiger partial charge on any atom is 0.266 e. The molecule has 6 nitrogen and oxygen atoms in total. The molecule has 2 aromatic rings. The van der Waals surface area contributed by atoms with Gasteiger partial charge in [-0.25, -0.2) is 4.39 Å². The number of pyridine rings is 1. The fourth-order valence-electron chi connectivity index (χ4n) is 2.61. The van der Waals surface area contributed by atoms with E-state index in [9.17, 15) is 4.79 Å². The quantitative estimate of drug-likeness (QED) is 0.850. The maximum atomic E-state index is 15.1. The summed E-state index contributed by atoms with van der Waals surface area (Å²) in [7, 11) is 0. The molecule has 0 spiro atoms. The standard InChI is InChI=1S/C15H17FN4O2/c1-10-4-5-12(8-17-10)13(21)20-7-3-6-15(16,9-20)14-18-11(2)19-22-14/h4-5,8H,3,6-7,9H2,1-2H3. The van der Waals surface area contributed by atoms with Gasteiger partial charge in [-0.15, -0.1) is 0 Å².